The number of rotatable bonds is 4. The number of hydrogen-bond donors (Lipinski definition) is 4. The molecule has 0 aliphatic carbocycles. The van der Waals surface area contributed by atoms with Crippen molar-refractivity contribution < 1.29 is 4.79 Å². The van der Waals surface area contributed by atoms with Gasteiger partial charge in [0.2, 0.25) is 0 Å². The molecule has 128 valence electrons. The van der Waals surface area contributed by atoms with Crippen molar-refractivity contribution in [3.63, 3.8) is 0 Å². The smallest absolute Gasteiger partial charge is 0.272 e. The first-order valence-electron chi connectivity index (χ1n) is 8.23. The first-order valence-corrected chi connectivity index (χ1v) is 8.23. The second-order valence-corrected chi connectivity index (χ2v) is 6.11. The van der Waals surface area contributed by atoms with E-state index >= 15 is 0 Å². The molecule has 0 bridgehead atoms. The second-order valence-electron chi connectivity index (χ2n) is 6.11. The van der Waals surface area contributed by atoms with Crippen LogP contribution in [0.15, 0.2) is 35.1 Å². The molecular formula is C17H18N6O2. The molecule has 1 amide bonds. The van der Waals surface area contributed by atoms with Gasteiger partial charge in [0.1, 0.15) is 11.5 Å². The number of H-pyrrole nitrogens is 2. The zero-order valence-corrected chi connectivity index (χ0v) is 13.5. The summed E-state index contributed by atoms with van der Waals surface area (Å²) in [6.07, 6.45) is 1.03. The van der Waals surface area contributed by atoms with E-state index in [1.54, 1.807) is 24.3 Å². The van der Waals surface area contributed by atoms with Crippen molar-refractivity contribution in [3.05, 3.63) is 57.9 Å². The Morgan fingerprint density at radius 2 is 2.20 bits per heavy atom. The molecule has 1 aliphatic heterocycles. The fourth-order valence-corrected chi connectivity index (χ4v) is 3.06. The summed E-state index contributed by atoms with van der Waals surface area (Å²) in [4.78, 5) is 31.4. The lowest BCUT2D eigenvalue weighted by molar-refractivity contribution is 0.0945. The maximum Gasteiger partial charge on any atom is 0.272 e. The van der Waals surface area contributed by atoms with Gasteiger partial charge in [-0.1, -0.05) is 12.1 Å². The Labute approximate surface area is 143 Å². The van der Waals surface area contributed by atoms with Crippen LogP contribution in [0.4, 0.5) is 0 Å². The third kappa shape index (κ3) is 3.16. The van der Waals surface area contributed by atoms with E-state index in [1.807, 2.05) is 6.07 Å². The van der Waals surface area contributed by atoms with E-state index in [4.69, 9.17) is 0 Å². The van der Waals surface area contributed by atoms with Gasteiger partial charge < -0.3 is 15.6 Å². The van der Waals surface area contributed by atoms with Crippen molar-refractivity contribution in [1.29, 1.82) is 0 Å². The lowest BCUT2D eigenvalue weighted by Gasteiger charge is -2.04. The van der Waals surface area contributed by atoms with Crippen molar-refractivity contribution in [2.45, 2.75) is 18.9 Å². The third-order valence-electron chi connectivity index (χ3n) is 4.41. The van der Waals surface area contributed by atoms with Gasteiger partial charge >= 0.3 is 0 Å². The number of para-hydroxylation sites is 1. The van der Waals surface area contributed by atoms with Crippen LogP contribution in [0.3, 0.4) is 0 Å². The molecule has 0 spiro atoms. The minimum Gasteiger partial charge on any atom is -0.343 e. The summed E-state index contributed by atoms with van der Waals surface area (Å²) in [5.41, 5.74) is 1.69. The zero-order valence-electron chi connectivity index (χ0n) is 13.5. The number of amides is 1. The fraction of sp³-hybridized carbons (Fsp3) is 0.294. The molecule has 3 heterocycles. The van der Waals surface area contributed by atoms with Crippen LogP contribution in [0.1, 0.15) is 34.3 Å². The van der Waals surface area contributed by atoms with Crippen molar-refractivity contribution in [1.82, 2.24) is 30.8 Å². The van der Waals surface area contributed by atoms with E-state index in [2.05, 4.69) is 30.8 Å². The number of hydrogen-bond acceptors (Lipinski definition) is 5. The molecule has 25 heavy (non-hydrogen) atoms. The molecular weight excluding hydrogens is 320 g/mol. The van der Waals surface area contributed by atoms with Gasteiger partial charge in [0, 0.05) is 18.2 Å². The van der Waals surface area contributed by atoms with Crippen LogP contribution in [-0.4, -0.2) is 39.2 Å². The van der Waals surface area contributed by atoms with Crippen LogP contribution < -0.4 is 16.2 Å². The topological polar surface area (TPSA) is 116 Å². The summed E-state index contributed by atoms with van der Waals surface area (Å²) in [6.45, 7) is 2.00. The highest BCUT2D eigenvalue weighted by Gasteiger charge is 2.20. The van der Waals surface area contributed by atoms with Crippen molar-refractivity contribution in [2.24, 2.45) is 0 Å². The summed E-state index contributed by atoms with van der Waals surface area (Å²) in [5, 5.41) is 13.6. The van der Waals surface area contributed by atoms with E-state index in [0.29, 0.717) is 28.3 Å². The maximum absolute atomic E-state index is 12.3. The maximum atomic E-state index is 12.3. The molecule has 4 rings (SSSR count). The van der Waals surface area contributed by atoms with E-state index in [0.717, 1.165) is 25.2 Å². The Kier molecular flexibility index (Phi) is 4.02. The molecule has 4 N–H and O–H groups in total. The Bertz CT molecular complexity index is 970. The Morgan fingerprint density at radius 1 is 1.32 bits per heavy atom. The number of carbonyl (C=O) groups is 1. The SMILES string of the molecule is O=C(NCc1nc2ccccc2c(=O)[nH]1)c1cc(C2CCNC2)[nH]n1. The molecule has 1 aromatic carbocycles. The molecule has 1 atom stereocenters. The molecule has 1 saturated heterocycles. The highest BCUT2D eigenvalue weighted by atomic mass is 16.2. The minimum absolute atomic E-state index is 0.131. The second kappa shape index (κ2) is 6.48. The number of nitrogens with one attached hydrogen (secondary N) is 4. The van der Waals surface area contributed by atoms with Gasteiger partial charge in [0.25, 0.3) is 11.5 Å². The van der Waals surface area contributed by atoms with E-state index in [1.165, 1.54) is 0 Å². The first-order chi connectivity index (χ1) is 12.2. The van der Waals surface area contributed by atoms with Crippen molar-refractivity contribution in [2.75, 3.05) is 13.1 Å². The molecule has 1 unspecified atom stereocenters. The molecule has 8 nitrogen and oxygen atoms in total. The molecule has 0 saturated carbocycles. The number of nitrogens with zero attached hydrogens (tertiary/aromatic N) is 2. The van der Waals surface area contributed by atoms with E-state index in [-0.39, 0.29) is 18.0 Å². The first kappa shape index (κ1) is 15.5. The summed E-state index contributed by atoms with van der Waals surface area (Å²) >= 11 is 0. The molecule has 3 aromatic rings. The van der Waals surface area contributed by atoms with Gasteiger partial charge in [-0.3, -0.25) is 14.7 Å². The number of fused-ring (bicyclic) bond motifs is 1. The van der Waals surface area contributed by atoms with E-state index in [9.17, 15) is 9.59 Å². The van der Waals surface area contributed by atoms with Gasteiger partial charge in [-0.2, -0.15) is 5.10 Å². The van der Waals surface area contributed by atoms with Gasteiger partial charge in [-0.25, -0.2) is 4.98 Å². The van der Waals surface area contributed by atoms with Crippen LogP contribution in [0.5, 0.6) is 0 Å². The number of benzene rings is 1. The molecule has 2 aromatic heterocycles. The summed E-state index contributed by atoms with van der Waals surface area (Å²) in [5.74, 6) is 0.477. The molecule has 8 heteroatoms. The third-order valence-corrected chi connectivity index (χ3v) is 4.41. The lowest BCUT2D eigenvalue weighted by Crippen LogP contribution is -2.26. The zero-order chi connectivity index (χ0) is 17.2. The average molecular weight is 338 g/mol. The summed E-state index contributed by atoms with van der Waals surface area (Å²) in [7, 11) is 0. The van der Waals surface area contributed by atoms with Crippen molar-refractivity contribution in [3.8, 4) is 0 Å². The van der Waals surface area contributed by atoms with Gasteiger partial charge in [-0.15, -0.1) is 0 Å². The lowest BCUT2D eigenvalue weighted by atomic mass is 10.1. The highest BCUT2D eigenvalue weighted by molar-refractivity contribution is 5.92. The fourth-order valence-electron chi connectivity index (χ4n) is 3.06. The Hall–Kier alpha value is -3.00. The molecule has 0 radical (unpaired) electrons. The van der Waals surface area contributed by atoms with Gasteiger partial charge in [-0.05, 0) is 31.2 Å². The molecule has 1 aliphatic rings. The van der Waals surface area contributed by atoms with Gasteiger partial charge in [0.05, 0.1) is 17.4 Å². The standard InChI is InChI=1S/C17H18N6O2/c24-16-11-3-1-2-4-12(11)20-15(21-16)9-19-17(25)14-7-13(22-23-14)10-5-6-18-8-10/h1-4,7,10,18H,5-6,8-9H2,(H,19,25)(H,22,23)(H,20,21,24). The van der Waals surface area contributed by atoms with Crippen LogP contribution >= 0.6 is 0 Å². The summed E-state index contributed by atoms with van der Waals surface area (Å²) < 4.78 is 0. The monoisotopic (exact) mass is 338 g/mol. The average Bonchev–Trinajstić information content (AvgIpc) is 3.31. The number of carbonyl (C=O) groups excluding carboxylic acids is 1. The largest absolute Gasteiger partial charge is 0.343 e. The predicted octanol–water partition coefficient (Wildman–Crippen LogP) is 0.653. The van der Waals surface area contributed by atoms with E-state index < -0.39 is 0 Å². The van der Waals surface area contributed by atoms with Crippen molar-refractivity contribution >= 4 is 16.8 Å². The number of aromatic amines is 2. The van der Waals surface area contributed by atoms with Gasteiger partial charge in [0.15, 0.2) is 0 Å². The van der Waals surface area contributed by atoms with Crippen LogP contribution in [0, 0.1) is 0 Å². The quantitative estimate of drug-likeness (QED) is 0.557. The predicted molar refractivity (Wildman–Crippen MR) is 92.3 cm³/mol. The van der Waals surface area contributed by atoms with Crippen LogP contribution in [0.25, 0.3) is 10.9 Å². The Morgan fingerprint density at radius 3 is 3.04 bits per heavy atom. The highest BCUT2D eigenvalue weighted by Crippen LogP contribution is 2.20. The number of aromatic nitrogens is 4. The van der Waals surface area contributed by atoms with Crippen LogP contribution in [-0.2, 0) is 6.54 Å². The molecule has 1 fully saturated rings. The minimum atomic E-state index is -0.302. The normalized spacial score (nSPS) is 17.0. The summed E-state index contributed by atoms with van der Waals surface area (Å²) in [6, 6.07) is 8.87. The van der Waals surface area contributed by atoms with Crippen LogP contribution in [0.2, 0.25) is 0 Å². The Balaban J connectivity index is 1.46.